The Balaban J connectivity index is 2.42. The lowest BCUT2D eigenvalue weighted by Gasteiger charge is -2.17. The highest BCUT2D eigenvalue weighted by Gasteiger charge is 2.58. The highest BCUT2D eigenvalue weighted by Crippen LogP contribution is 2.32. The highest BCUT2D eigenvalue weighted by atomic mass is 16.5. The number of fused-ring (bicyclic) bond motifs is 1. The summed E-state index contributed by atoms with van der Waals surface area (Å²) < 4.78 is 4.82. The molecule has 0 aromatic carbocycles. The van der Waals surface area contributed by atoms with Crippen molar-refractivity contribution < 1.29 is 23.9 Å². The smallest absolute Gasteiger partial charge is 0.355 e. The molecule has 1 saturated heterocycles. The Morgan fingerprint density at radius 1 is 1.25 bits per heavy atom. The Morgan fingerprint density at radius 2 is 1.90 bits per heavy atom. The third kappa shape index (κ3) is 1.87. The molecule has 0 radical (unpaired) electrons. The predicted molar refractivity (Wildman–Crippen MR) is 66.3 cm³/mol. The Morgan fingerprint density at radius 3 is 2.40 bits per heavy atom. The van der Waals surface area contributed by atoms with Crippen LogP contribution >= 0.6 is 0 Å². The molecule has 8 heteroatoms. The lowest BCUT2D eigenvalue weighted by molar-refractivity contribution is -0.143. The van der Waals surface area contributed by atoms with E-state index in [1.165, 1.54) is 6.92 Å². The van der Waals surface area contributed by atoms with Crippen molar-refractivity contribution in [2.24, 2.45) is 11.0 Å². The number of likely N-dealkylation sites (N-methyl/N-ethyl adjacent to an activating group) is 1. The maximum Gasteiger partial charge on any atom is 0.355 e. The fourth-order valence-corrected chi connectivity index (χ4v) is 2.42. The quantitative estimate of drug-likeness (QED) is 0.495. The van der Waals surface area contributed by atoms with E-state index in [1.54, 1.807) is 13.8 Å². The number of carbonyl (C=O) groups excluding carboxylic acids is 4. The maximum absolute atomic E-state index is 12.2. The minimum atomic E-state index is -1.06. The number of hydrogen-bond acceptors (Lipinski definition) is 6. The van der Waals surface area contributed by atoms with E-state index in [4.69, 9.17) is 4.74 Å². The van der Waals surface area contributed by atoms with E-state index in [9.17, 15) is 19.2 Å². The number of carbonyl (C=O) groups is 4. The molecule has 108 valence electrons. The number of nitrogens with zero attached hydrogens (tertiary/aromatic N) is 3. The van der Waals surface area contributed by atoms with Crippen LogP contribution in [-0.4, -0.2) is 58.5 Å². The number of ether oxygens (including phenoxy) is 1. The number of amides is 3. The zero-order valence-electron chi connectivity index (χ0n) is 11.5. The van der Waals surface area contributed by atoms with Crippen LogP contribution in [0.5, 0.6) is 0 Å². The number of likely N-dealkylation sites (tertiary alicyclic amines) is 1. The van der Waals surface area contributed by atoms with Crippen LogP contribution < -0.4 is 0 Å². The molecular formula is C12H15N3O5. The normalized spacial score (nSPS) is 24.9. The molecule has 2 heterocycles. The van der Waals surface area contributed by atoms with Crippen LogP contribution in [-0.2, 0) is 23.9 Å². The number of hydrazone groups is 1. The third-order valence-corrected chi connectivity index (χ3v) is 3.26. The van der Waals surface area contributed by atoms with Crippen molar-refractivity contribution in [2.75, 3.05) is 13.2 Å². The van der Waals surface area contributed by atoms with Crippen LogP contribution in [0.2, 0.25) is 0 Å². The number of rotatable bonds is 3. The fourth-order valence-electron chi connectivity index (χ4n) is 2.42. The molecule has 0 saturated carbocycles. The van der Waals surface area contributed by atoms with Gasteiger partial charge in [0.25, 0.3) is 5.91 Å². The standard InChI is InChI=1S/C12H15N3O5/c1-4-14-10(17)7-8(12(19)20-5-2)13-15(6(3)16)9(7)11(14)18/h7,9H,4-5H2,1-3H3/t7-,9-/m1/s1. The minimum absolute atomic E-state index is 0.120. The van der Waals surface area contributed by atoms with Crippen molar-refractivity contribution in [3.63, 3.8) is 0 Å². The monoisotopic (exact) mass is 281 g/mol. The fraction of sp³-hybridized carbons (Fsp3) is 0.583. The first kappa shape index (κ1) is 14.2. The molecular weight excluding hydrogens is 266 g/mol. The van der Waals surface area contributed by atoms with Gasteiger partial charge in [-0.3, -0.25) is 19.3 Å². The summed E-state index contributed by atoms with van der Waals surface area (Å²) in [5.41, 5.74) is -0.179. The van der Waals surface area contributed by atoms with Crippen LogP contribution in [0.1, 0.15) is 20.8 Å². The van der Waals surface area contributed by atoms with Crippen LogP contribution in [0.25, 0.3) is 0 Å². The molecule has 20 heavy (non-hydrogen) atoms. The average Bonchev–Trinajstić information content (AvgIpc) is 2.89. The van der Waals surface area contributed by atoms with E-state index >= 15 is 0 Å². The van der Waals surface area contributed by atoms with Gasteiger partial charge < -0.3 is 4.74 Å². The van der Waals surface area contributed by atoms with E-state index in [2.05, 4.69) is 5.10 Å². The first-order valence-corrected chi connectivity index (χ1v) is 6.34. The minimum Gasteiger partial charge on any atom is -0.461 e. The summed E-state index contributed by atoms with van der Waals surface area (Å²) in [5.74, 6) is -3.35. The first-order valence-electron chi connectivity index (χ1n) is 6.34. The summed E-state index contributed by atoms with van der Waals surface area (Å²) in [7, 11) is 0. The summed E-state index contributed by atoms with van der Waals surface area (Å²) >= 11 is 0. The Kier molecular flexibility index (Phi) is 3.56. The molecule has 2 aliphatic heterocycles. The maximum atomic E-state index is 12.2. The second kappa shape index (κ2) is 5.03. The summed E-state index contributed by atoms with van der Waals surface area (Å²) in [5, 5.41) is 4.71. The Hall–Kier alpha value is -2.25. The van der Waals surface area contributed by atoms with E-state index in [-0.39, 0.29) is 18.9 Å². The zero-order valence-corrected chi connectivity index (χ0v) is 11.5. The topological polar surface area (TPSA) is 96.3 Å². The van der Waals surface area contributed by atoms with Crippen molar-refractivity contribution in [3.05, 3.63) is 0 Å². The van der Waals surface area contributed by atoms with E-state index in [0.29, 0.717) is 0 Å². The van der Waals surface area contributed by atoms with Crippen LogP contribution in [0, 0.1) is 5.92 Å². The average molecular weight is 281 g/mol. The number of hydrogen-bond donors (Lipinski definition) is 0. The zero-order chi connectivity index (χ0) is 15.0. The van der Waals surface area contributed by atoms with Crippen LogP contribution in [0.15, 0.2) is 5.10 Å². The van der Waals surface area contributed by atoms with Gasteiger partial charge in [-0.25, -0.2) is 9.80 Å². The van der Waals surface area contributed by atoms with Crippen molar-refractivity contribution in [3.8, 4) is 0 Å². The van der Waals surface area contributed by atoms with Gasteiger partial charge in [-0.2, -0.15) is 5.10 Å². The molecule has 0 bridgehead atoms. The number of esters is 1. The second-order valence-corrected chi connectivity index (χ2v) is 4.41. The van der Waals surface area contributed by atoms with Gasteiger partial charge in [-0.1, -0.05) is 0 Å². The van der Waals surface area contributed by atoms with Gasteiger partial charge in [0.2, 0.25) is 11.8 Å². The van der Waals surface area contributed by atoms with Crippen molar-refractivity contribution >= 4 is 29.4 Å². The summed E-state index contributed by atoms with van der Waals surface area (Å²) in [6.07, 6.45) is 0. The van der Waals surface area contributed by atoms with E-state index in [0.717, 1.165) is 9.91 Å². The molecule has 3 amide bonds. The van der Waals surface area contributed by atoms with Crippen molar-refractivity contribution in [1.82, 2.24) is 9.91 Å². The summed E-state index contributed by atoms with van der Waals surface area (Å²) in [6, 6.07) is -1.06. The Labute approximate surface area is 115 Å². The van der Waals surface area contributed by atoms with Gasteiger partial charge in [-0.15, -0.1) is 0 Å². The van der Waals surface area contributed by atoms with Gasteiger partial charge in [0.1, 0.15) is 5.92 Å². The first-order chi connectivity index (χ1) is 9.43. The van der Waals surface area contributed by atoms with Gasteiger partial charge in [0.15, 0.2) is 11.8 Å². The predicted octanol–water partition coefficient (Wildman–Crippen LogP) is -0.859. The molecule has 0 spiro atoms. The van der Waals surface area contributed by atoms with Gasteiger partial charge in [0.05, 0.1) is 6.61 Å². The molecule has 0 N–H and O–H groups in total. The Bertz CT molecular complexity index is 527. The lowest BCUT2D eigenvalue weighted by atomic mass is 9.98. The lowest BCUT2D eigenvalue weighted by Crippen LogP contribution is -2.41. The molecule has 2 aliphatic rings. The third-order valence-electron chi connectivity index (χ3n) is 3.26. The van der Waals surface area contributed by atoms with Crippen molar-refractivity contribution in [2.45, 2.75) is 26.8 Å². The molecule has 8 nitrogen and oxygen atoms in total. The van der Waals surface area contributed by atoms with Gasteiger partial charge in [0, 0.05) is 13.5 Å². The highest BCUT2D eigenvalue weighted by molar-refractivity contribution is 6.44. The van der Waals surface area contributed by atoms with Crippen LogP contribution in [0.3, 0.4) is 0 Å². The molecule has 2 atom stereocenters. The summed E-state index contributed by atoms with van der Waals surface area (Å²) in [6.45, 7) is 4.80. The second-order valence-electron chi connectivity index (χ2n) is 4.41. The molecule has 0 unspecified atom stereocenters. The number of imide groups is 1. The van der Waals surface area contributed by atoms with Crippen LogP contribution in [0.4, 0.5) is 0 Å². The molecule has 1 fully saturated rings. The SMILES string of the molecule is CCOC(=O)C1=NN(C(C)=O)[C@H]2C(=O)N(CC)C(=O)[C@H]12. The largest absolute Gasteiger partial charge is 0.461 e. The van der Waals surface area contributed by atoms with E-state index < -0.39 is 35.7 Å². The summed E-state index contributed by atoms with van der Waals surface area (Å²) in [4.78, 5) is 48.8. The van der Waals surface area contributed by atoms with Gasteiger partial charge in [-0.05, 0) is 13.8 Å². The van der Waals surface area contributed by atoms with Gasteiger partial charge >= 0.3 is 5.97 Å². The van der Waals surface area contributed by atoms with Crippen molar-refractivity contribution in [1.29, 1.82) is 0 Å². The molecule has 0 aromatic heterocycles. The van der Waals surface area contributed by atoms with E-state index in [1.807, 2.05) is 0 Å². The molecule has 0 aromatic rings. The molecule has 0 aliphatic carbocycles. The molecule has 2 rings (SSSR count).